The van der Waals surface area contributed by atoms with Crippen molar-refractivity contribution in [3.63, 3.8) is 0 Å². The lowest BCUT2D eigenvalue weighted by molar-refractivity contribution is 0.0744. The minimum atomic E-state index is 0.0166. The minimum absolute atomic E-state index is 0.0166. The van der Waals surface area contributed by atoms with Crippen LogP contribution in [0.4, 0.5) is 5.82 Å². The van der Waals surface area contributed by atoms with Crippen molar-refractivity contribution in [1.82, 2.24) is 9.88 Å². The Kier molecular flexibility index (Phi) is 6.11. The maximum Gasteiger partial charge on any atom is 0.257 e. The van der Waals surface area contributed by atoms with Crippen LogP contribution in [0.3, 0.4) is 0 Å². The second-order valence-corrected chi connectivity index (χ2v) is 9.51. The van der Waals surface area contributed by atoms with Gasteiger partial charge >= 0.3 is 0 Å². The summed E-state index contributed by atoms with van der Waals surface area (Å²) in [7, 11) is 0. The molecular formula is C26H32N4O3. The highest BCUT2D eigenvalue weighted by Crippen LogP contribution is 2.39. The van der Waals surface area contributed by atoms with Crippen LogP contribution < -0.4 is 4.90 Å². The zero-order chi connectivity index (χ0) is 22.9. The lowest BCUT2D eigenvalue weighted by Crippen LogP contribution is -2.49. The SMILES string of the molecule is Cc1cc(C(=O)N2CCN(c3nc(C4CCCCC4)c4c(c3C#N)CCOC4)CC2)c(C)o1. The first kappa shape index (κ1) is 22.0. The van der Waals surface area contributed by atoms with E-state index in [-0.39, 0.29) is 5.91 Å². The molecular weight excluding hydrogens is 416 g/mol. The fourth-order valence-corrected chi connectivity index (χ4v) is 5.66. The second kappa shape index (κ2) is 9.18. The van der Waals surface area contributed by atoms with E-state index in [4.69, 9.17) is 14.1 Å². The monoisotopic (exact) mass is 448 g/mol. The number of piperazine rings is 1. The number of ether oxygens (including phenoxy) is 1. The van der Waals surface area contributed by atoms with Gasteiger partial charge in [-0.1, -0.05) is 19.3 Å². The van der Waals surface area contributed by atoms with E-state index in [9.17, 15) is 10.1 Å². The van der Waals surface area contributed by atoms with Crippen LogP contribution >= 0.6 is 0 Å². The summed E-state index contributed by atoms with van der Waals surface area (Å²) in [6, 6.07) is 4.29. The predicted octanol–water partition coefficient (Wildman–Crippen LogP) is 4.25. The first-order chi connectivity index (χ1) is 16.1. The van der Waals surface area contributed by atoms with Crippen LogP contribution in [0.25, 0.3) is 0 Å². The molecule has 33 heavy (non-hydrogen) atoms. The number of carbonyl (C=O) groups excluding carboxylic acids is 1. The average molecular weight is 449 g/mol. The number of furan rings is 1. The number of hydrogen-bond acceptors (Lipinski definition) is 6. The summed E-state index contributed by atoms with van der Waals surface area (Å²) in [4.78, 5) is 22.3. The molecule has 2 aromatic rings. The molecule has 1 aliphatic carbocycles. The fraction of sp³-hybridized carbons (Fsp3) is 0.577. The van der Waals surface area contributed by atoms with E-state index < -0.39 is 0 Å². The third-order valence-corrected chi connectivity index (χ3v) is 7.41. The van der Waals surface area contributed by atoms with Crippen LogP contribution in [0, 0.1) is 25.2 Å². The second-order valence-electron chi connectivity index (χ2n) is 9.51. The molecule has 2 fully saturated rings. The van der Waals surface area contributed by atoms with Crippen molar-refractivity contribution in [2.75, 3.05) is 37.7 Å². The van der Waals surface area contributed by atoms with Crippen molar-refractivity contribution in [3.8, 4) is 6.07 Å². The molecule has 0 unspecified atom stereocenters. The summed E-state index contributed by atoms with van der Waals surface area (Å²) in [6.45, 7) is 7.47. The van der Waals surface area contributed by atoms with E-state index in [1.165, 1.54) is 19.3 Å². The number of amides is 1. The van der Waals surface area contributed by atoms with E-state index in [1.807, 2.05) is 24.8 Å². The Morgan fingerprint density at radius 3 is 2.55 bits per heavy atom. The van der Waals surface area contributed by atoms with Crippen molar-refractivity contribution in [2.24, 2.45) is 0 Å². The summed E-state index contributed by atoms with van der Waals surface area (Å²) in [6.07, 6.45) is 6.87. The Balaban J connectivity index is 1.42. The summed E-state index contributed by atoms with van der Waals surface area (Å²) in [5.74, 6) is 2.70. The van der Waals surface area contributed by atoms with Crippen LogP contribution in [0.15, 0.2) is 10.5 Å². The highest BCUT2D eigenvalue weighted by Gasteiger charge is 2.31. The first-order valence-electron chi connectivity index (χ1n) is 12.2. The molecule has 2 aromatic heterocycles. The molecule has 4 heterocycles. The third kappa shape index (κ3) is 4.13. The molecule has 0 radical (unpaired) electrons. The maximum atomic E-state index is 13.0. The Bertz CT molecular complexity index is 1090. The van der Waals surface area contributed by atoms with Gasteiger partial charge in [0, 0.05) is 37.7 Å². The Labute approximate surface area is 195 Å². The standard InChI is InChI=1S/C26H32N4O3/c1-17-14-21(18(2)33-17)26(31)30-11-9-29(10-12-30)25-22(15-27)20-8-13-32-16-23(20)24(28-25)19-6-4-3-5-7-19/h14,19H,3-13,16H2,1-2H3. The molecule has 174 valence electrons. The van der Waals surface area contributed by atoms with Crippen molar-refractivity contribution < 1.29 is 13.9 Å². The van der Waals surface area contributed by atoms with Crippen molar-refractivity contribution >= 4 is 11.7 Å². The molecule has 7 nitrogen and oxygen atoms in total. The number of rotatable bonds is 3. The number of fused-ring (bicyclic) bond motifs is 1. The molecule has 1 saturated heterocycles. The van der Waals surface area contributed by atoms with Gasteiger partial charge in [-0.05, 0) is 44.7 Å². The van der Waals surface area contributed by atoms with Gasteiger partial charge in [0.1, 0.15) is 23.4 Å². The maximum absolute atomic E-state index is 13.0. The summed E-state index contributed by atoms with van der Waals surface area (Å²) >= 11 is 0. The molecule has 0 aromatic carbocycles. The van der Waals surface area contributed by atoms with Gasteiger partial charge in [-0.2, -0.15) is 5.26 Å². The van der Waals surface area contributed by atoms with Gasteiger partial charge in [-0.25, -0.2) is 4.98 Å². The molecule has 1 saturated carbocycles. The topological polar surface area (TPSA) is 82.6 Å². The third-order valence-electron chi connectivity index (χ3n) is 7.41. The smallest absolute Gasteiger partial charge is 0.257 e. The van der Waals surface area contributed by atoms with Gasteiger partial charge in [-0.15, -0.1) is 0 Å². The van der Waals surface area contributed by atoms with E-state index in [1.54, 1.807) is 0 Å². The van der Waals surface area contributed by atoms with Crippen molar-refractivity contribution in [3.05, 3.63) is 45.5 Å². The zero-order valence-electron chi connectivity index (χ0n) is 19.7. The molecule has 3 aliphatic rings. The lowest BCUT2D eigenvalue weighted by Gasteiger charge is -2.37. The Hall–Kier alpha value is -2.85. The number of nitriles is 1. The summed E-state index contributed by atoms with van der Waals surface area (Å²) < 4.78 is 11.3. The highest BCUT2D eigenvalue weighted by atomic mass is 16.5. The number of nitrogens with zero attached hydrogens (tertiary/aromatic N) is 4. The largest absolute Gasteiger partial charge is 0.466 e. The normalized spacial score (nSPS) is 19.3. The Morgan fingerprint density at radius 2 is 1.88 bits per heavy atom. The molecule has 0 atom stereocenters. The van der Waals surface area contributed by atoms with Gasteiger partial charge in [0.2, 0.25) is 0 Å². The predicted molar refractivity (Wildman–Crippen MR) is 124 cm³/mol. The minimum Gasteiger partial charge on any atom is -0.466 e. The van der Waals surface area contributed by atoms with Gasteiger partial charge in [0.15, 0.2) is 0 Å². The fourth-order valence-electron chi connectivity index (χ4n) is 5.66. The van der Waals surface area contributed by atoms with Crippen LogP contribution in [-0.4, -0.2) is 48.6 Å². The highest BCUT2D eigenvalue weighted by molar-refractivity contribution is 5.95. The number of aryl methyl sites for hydroxylation is 2. The molecule has 0 spiro atoms. The molecule has 2 aliphatic heterocycles. The lowest BCUT2D eigenvalue weighted by atomic mass is 9.82. The molecule has 5 rings (SSSR count). The number of anilines is 1. The van der Waals surface area contributed by atoms with Crippen LogP contribution in [0.1, 0.15) is 82.3 Å². The number of pyridine rings is 1. The van der Waals surface area contributed by atoms with Crippen molar-refractivity contribution in [1.29, 1.82) is 5.26 Å². The van der Waals surface area contributed by atoms with Gasteiger partial charge in [-0.3, -0.25) is 4.79 Å². The van der Waals surface area contributed by atoms with Crippen LogP contribution in [0.2, 0.25) is 0 Å². The molecule has 7 heteroatoms. The van der Waals surface area contributed by atoms with Crippen LogP contribution in [-0.2, 0) is 17.8 Å². The van der Waals surface area contributed by atoms with Gasteiger partial charge < -0.3 is 19.0 Å². The van der Waals surface area contributed by atoms with E-state index in [2.05, 4.69) is 11.0 Å². The molecule has 0 N–H and O–H groups in total. The average Bonchev–Trinajstić information content (AvgIpc) is 3.20. The zero-order valence-corrected chi connectivity index (χ0v) is 19.7. The number of carbonyl (C=O) groups is 1. The summed E-state index contributed by atoms with van der Waals surface area (Å²) in [5.41, 5.74) is 4.80. The van der Waals surface area contributed by atoms with E-state index >= 15 is 0 Å². The quantitative estimate of drug-likeness (QED) is 0.698. The van der Waals surface area contributed by atoms with E-state index in [0.717, 1.165) is 47.7 Å². The van der Waals surface area contributed by atoms with E-state index in [0.29, 0.717) is 62.2 Å². The molecule has 1 amide bonds. The first-order valence-corrected chi connectivity index (χ1v) is 12.2. The number of hydrogen-bond donors (Lipinski definition) is 0. The van der Waals surface area contributed by atoms with Gasteiger partial charge in [0.05, 0.1) is 30.0 Å². The Morgan fingerprint density at radius 1 is 1.12 bits per heavy atom. The molecule has 0 bridgehead atoms. The summed E-state index contributed by atoms with van der Waals surface area (Å²) in [5, 5.41) is 10.1. The van der Waals surface area contributed by atoms with Crippen molar-refractivity contribution in [2.45, 2.75) is 64.9 Å². The van der Waals surface area contributed by atoms with Gasteiger partial charge in [0.25, 0.3) is 5.91 Å². The van der Waals surface area contributed by atoms with Crippen LogP contribution in [0.5, 0.6) is 0 Å². The number of aromatic nitrogens is 1.